The molecular formula is C22H24ClN3O4S3. The van der Waals surface area contributed by atoms with Crippen LogP contribution in [0.3, 0.4) is 0 Å². The normalized spacial score (nSPS) is 22.1. The predicted octanol–water partition coefficient (Wildman–Crippen LogP) is 4.62. The number of ether oxygens (including phenoxy) is 1. The van der Waals surface area contributed by atoms with Gasteiger partial charge in [0.1, 0.15) is 4.21 Å². The van der Waals surface area contributed by atoms with E-state index in [1.54, 1.807) is 11.0 Å². The minimum atomic E-state index is -3.68. The molecule has 2 aromatic heterocycles. The molecule has 1 aromatic carbocycles. The van der Waals surface area contributed by atoms with Crippen molar-refractivity contribution in [3.05, 3.63) is 40.7 Å². The Hall–Kier alpha value is -1.56. The SMILES string of the molecule is O=C(C1CCCN(S(=O)(=O)c2ccc(Cl)s2)C1)N(CC1CCCO1)c1nc2ccccc2s1. The summed E-state index contributed by atoms with van der Waals surface area (Å²) in [6.07, 6.45) is 3.12. The minimum absolute atomic E-state index is 0.0300. The molecule has 1 amide bonds. The number of nitrogens with zero attached hydrogens (tertiary/aromatic N) is 3. The molecule has 2 atom stereocenters. The molecule has 4 heterocycles. The first-order valence-corrected chi connectivity index (χ1v) is 14.4. The van der Waals surface area contributed by atoms with Crippen molar-refractivity contribution in [1.29, 1.82) is 0 Å². The number of amides is 1. The highest BCUT2D eigenvalue weighted by molar-refractivity contribution is 7.91. The summed E-state index contributed by atoms with van der Waals surface area (Å²) in [5.74, 6) is -0.522. The number of sulfonamides is 1. The van der Waals surface area contributed by atoms with E-state index in [0.717, 1.165) is 34.4 Å². The number of thiophene rings is 1. The second-order valence-corrected chi connectivity index (χ2v) is 13.2. The Bertz CT molecular complexity index is 1220. The lowest BCUT2D eigenvalue weighted by Crippen LogP contribution is -2.48. The van der Waals surface area contributed by atoms with Crippen LogP contribution < -0.4 is 4.90 Å². The van der Waals surface area contributed by atoms with Crippen LogP contribution in [0.1, 0.15) is 25.7 Å². The summed E-state index contributed by atoms with van der Waals surface area (Å²) in [4.78, 5) is 20.2. The molecule has 11 heteroatoms. The average molecular weight is 526 g/mol. The van der Waals surface area contributed by atoms with Gasteiger partial charge in [0, 0.05) is 19.7 Å². The third kappa shape index (κ3) is 4.82. The van der Waals surface area contributed by atoms with E-state index in [4.69, 9.17) is 21.3 Å². The molecule has 2 unspecified atom stereocenters. The summed E-state index contributed by atoms with van der Waals surface area (Å²) < 4.78 is 35.1. The molecule has 0 aliphatic carbocycles. The molecule has 7 nitrogen and oxygen atoms in total. The van der Waals surface area contributed by atoms with Crippen molar-refractivity contribution in [2.45, 2.75) is 36.0 Å². The molecule has 0 spiro atoms. The van der Waals surface area contributed by atoms with Crippen LogP contribution in [0.25, 0.3) is 10.2 Å². The van der Waals surface area contributed by atoms with Crippen LogP contribution >= 0.6 is 34.3 Å². The molecule has 0 saturated carbocycles. The number of aromatic nitrogens is 1. The number of carbonyl (C=O) groups excluding carboxylic acids is 1. The molecule has 0 radical (unpaired) electrons. The largest absolute Gasteiger partial charge is 0.376 e. The highest BCUT2D eigenvalue weighted by Crippen LogP contribution is 2.34. The van der Waals surface area contributed by atoms with E-state index in [0.29, 0.717) is 42.0 Å². The van der Waals surface area contributed by atoms with Crippen molar-refractivity contribution in [3.63, 3.8) is 0 Å². The van der Waals surface area contributed by atoms with Crippen LogP contribution in [-0.4, -0.2) is 56.0 Å². The van der Waals surface area contributed by atoms with Crippen LogP contribution in [0.15, 0.2) is 40.6 Å². The standard InChI is InChI=1S/C22H24ClN3O4S3/c23-19-9-10-20(32-19)33(28,29)25-11-3-5-15(13-25)21(27)26(14-16-6-4-12-30-16)22-24-17-7-1-2-8-18(17)31-22/h1-2,7-10,15-16H,3-6,11-14H2. The maximum Gasteiger partial charge on any atom is 0.252 e. The fraction of sp³-hybridized carbons (Fsp3) is 0.455. The van der Waals surface area contributed by atoms with E-state index in [9.17, 15) is 13.2 Å². The number of rotatable bonds is 6. The molecule has 2 aliphatic rings. The first-order chi connectivity index (χ1) is 15.9. The highest BCUT2D eigenvalue weighted by Gasteiger charge is 2.37. The van der Waals surface area contributed by atoms with Gasteiger partial charge in [-0.25, -0.2) is 13.4 Å². The number of para-hydroxylation sites is 1. The number of anilines is 1. The Kier molecular flexibility index (Phi) is 6.74. The zero-order chi connectivity index (χ0) is 23.0. The van der Waals surface area contributed by atoms with Gasteiger partial charge in [0.05, 0.1) is 33.1 Å². The molecule has 33 heavy (non-hydrogen) atoms. The fourth-order valence-corrected chi connectivity index (χ4v) is 8.52. The third-order valence-corrected chi connectivity index (χ3v) is 10.7. The van der Waals surface area contributed by atoms with E-state index >= 15 is 0 Å². The van der Waals surface area contributed by atoms with Crippen LogP contribution in [0.4, 0.5) is 5.13 Å². The molecule has 176 valence electrons. The van der Waals surface area contributed by atoms with E-state index in [1.807, 2.05) is 24.3 Å². The minimum Gasteiger partial charge on any atom is -0.376 e. The van der Waals surface area contributed by atoms with Gasteiger partial charge in [-0.15, -0.1) is 11.3 Å². The molecule has 2 saturated heterocycles. The van der Waals surface area contributed by atoms with Crippen molar-refractivity contribution in [1.82, 2.24) is 9.29 Å². The maximum absolute atomic E-state index is 13.8. The summed E-state index contributed by atoms with van der Waals surface area (Å²) in [6.45, 7) is 1.69. The van der Waals surface area contributed by atoms with Crippen LogP contribution in [0.2, 0.25) is 4.34 Å². The topological polar surface area (TPSA) is 79.8 Å². The lowest BCUT2D eigenvalue weighted by atomic mass is 9.98. The zero-order valence-corrected chi connectivity index (χ0v) is 21.1. The lowest BCUT2D eigenvalue weighted by Gasteiger charge is -2.34. The van der Waals surface area contributed by atoms with Crippen molar-refractivity contribution in [2.24, 2.45) is 5.92 Å². The first kappa shape index (κ1) is 23.2. The molecule has 3 aromatic rings. The number of thiazole rings is 1. The maximum atomic E-state index is 13.8. The van der Waals surface area contributed by atoms with Crippen LogP contribution in [0, 0.1) is 5.92 Å². The number of carbonyl (C=O) groups is 1. The number of fused-ring (bicyclic) bond motifs is 1. The molecule has 5 rings (SSSR count). The number of hydrogen-bond donors (Lipinski definition) is 0. The third-order valence-electron chi connectivity index (χ3n) is 6.07. The number of hydrogen-bond acceptors (Lipinski definition) is 7. The zero-order valence-electron chi connectivity index (χ0n) is 17.9. The molecular weight excluding hydrogens is 502 g/mol. The van der Waals surface area contributed by atoms with E-state index in [-0.39, 0.29) is 22.8 Å². The van der Waals surface area contributed by atoms with Crippen molar-refractivity contribution < 1.29 is 17.9 Å². The van der Waals surface area contributed by atoms with Crippen molar-refractivity contribution in [2.75, 3.05) is 31.1 Å². The summed E-state index contributed by atoms with van der Waals surface area (Å²) in [5.41, 5.74) is 0.852. The van der Waals surface area contributed by atoms with Crippen LogP contribution in [0.5, 0.6) is 0 Å². The Balaban J connectivity index is 1.40. The predicted molar refractivity (Wildman–Crippen MR) is 132 cm³/mol. The van der Waals surface area contributed by atoms with Gasteiger partial charge in [0.25, 0.3) is 10.0 Å². The first-order valence-electron chi connectivity index (χ1n) is 11.0. The van der Waals surface area contributed by atoms with Crippen molar-refractivity contribution in [3.8, 4) is 0 Å². The number of benzene rings is 1. The Morgan fingerprint density at radius 1 is 1.18 bits per heavy atom. The van der Waals surface area contributed by atoms with Gasteiger partial charge in [-0.3, -0.25) is 9.69 Å². The average Bonchev–Trinajstić information content (AvgIpc) is 3.57. The Morgan fingerprint density at radius 3 is 2.76 bits per heavy atom. The van der Waals surface area contributed by atoms with Gasteiger partial charge in [-0.05, 0) is 49.9 Å². The van der Waals surface area contributed by atoms with E-state index in [2.05, 4.69) is 0 Å². The van der Waals surface area contributed by atoms with Gasteiger partial charge in [-0.2, -0.15) is 4.31 Å². The van der Waals surface area contributed by atoms with Crippen molar-refractivity contribution >= 4 is 65.6 Å². The monoisotopic (exact) mass is 525 g/mol. The van der Waals surface area contributed by atoms with Gasteiger partial charge >= 0.3 is 0 Å². The van der Waals surface area contributed by atoms with Gasteiger partial charge < -0.3 is 4.74 Å². The highest BCUT2D eigenvalue weighted by atomic mass is 35.5. The van der Waals surface area contributed by atoms with E-state index < -0.39 is 15.9 Å². The van der Waals surface area contributed by atoms with Gasteiger partial charge in [0.15, 0.2) is 5.13 Å². The molecule has 0 N–H and O–H groups in total. The van der Waals surface area contributed by atoms with E-state index in [1.165, 1.54) is 21.7 Å². The molecule has 2 fully saturated rings. The summed E-state index contributed by atoms with van der Waals surface area (Å²) >= 11 is 8.49. The summed E-state index contributed by atoms with van der Waals surface area (Å²) in [5, 5.41) is 0.640. The fourth-order valence-electron chi connectivity index (χ4n) is 4.38. The number of halogens is 1. The quantitative estimate of drug-likeness (QED) is 0.469. The van der Waals surface area contributed by atoms with Gasteiger partial charge in [-0.1, -0.05) is 35.1 Å². The smallest absolute Gasteiger partial charge is 0.252 e. The second kappa shape index (κ2) is 9.59. The van der Waals surface area contributed by atoms with Crippen LogP contribution in [-0.2, 0) is 19.6 Å². The summed E-state index contributed by atoms with van der Waals surface area (Å²) in [7, 11) is -3.68. The second-order valence-electron chi connectivity index (χ2n) is 8.31. The number of piperidine rings is 1. The Labute approximate surface area is 206 Å². The molecule has 0 bridgehead atoms. The Morgan fingerprint density at radius 2 is 2.03 bits per heavy atom. The summed E-state index contributed by atoms with van der Waals surface area (Å²) in [6, 6.07) is 10.9. The molecule has 2 aliphatic heterocycles. The van der Waals surface area contributed by atoms with Gasteiger partial charge in [0.2, 0.25) is 5.91 Å². The lowest BCUT2D eigenvalue weighted by molar-refractivity contribution is -0.123.